The summed E-state index contributed by atoms with van der Waals surface area (Å²) in [5.74, 6) is 0.158. The molecular formula is C29H30N6O2. The van der Waals surface area contributed by atoms with Gasteiger partial charge in [-0.1, -0.05) is 55.8 Å². The van der Waals surface area contributed by atoms with Gasteiger partial charge in [0.25, 0.3) is 5.56 Å². The van der Waals surface area contributed by atoms with Crippen molar-refractivity contribution in [2.24, 2.45) is 11.7 Å². The molecule has 2 N–H and O–H groups in total. The SMILES string of the molecule is CCCc1c(Cc2ccc(-c3ccccc3C#N)cc2)c(=O)n(C2CCC(C(N)=O)CC2)c2ncnn12. The summed E-state index contributed by atoms with van der Waals surface area (Å²) in [7, 11) is 0. The number of amides is 1. The van der Waals surface area contributed by atoms with Crippen LogP contribution in [0.3, 0.4) is 0 Å². The number of rotatable bonds is 7. The van der Waals surface area contributed by atoms with Gasteiger partial charge in [-0.3, -0.25) is 14.2 Å². The smallest absolute Gasteiger partial charge is 0.259 e. The minimum atomic E-state index is -0.266. The Balaban J connectivity index is 1.53. The molecule has 8 heteroatoms. The number of nitriles is 1. The van der Waals surface area contributed by atoms with Crippen LogP contribution in [0.1, 0.15) is 67.5 Å². The van der Waals surface area contributed by atoms with E-state index >= 15 is 0 Å². The number of carbonyl (C=O) groups excluding carboxylic acids is 1. The zero-order chi connectivity index (χ0) is 25.9. The summed E-state index contributed by atoms with van der Waals surface area (Å²) in [6, 6.07) is 17.8. The van der Waals surface area contributed by atoms with Gasteiger partial charge >= 0.3 is 0 Å². The van der Waals surface area contributed by atoms with Crippen molar-refractivity contribution in [1.29, 1.82) is 5.26 Å². The maximum Gasteiger partial charge on any atom is 0.259 e. The number of aryl methyl sites for hydroxylation is 1. The Bertz CT molecular complexity index is 1540. The van der Waals surface area contributed by atoms with Crippen LogP contribution in [0.25, 0.3) is 16.9 Å². The standard InChI is InChI=1S/C29H30N6O2/c1-2-5-26-25(16-19-8-10-20(11-9-19)24-7-4-3-6-22(24)17-30)28(37)34(29-32-18-33-35(26)29)23-14-12-21(13-15-23)27(31)36/h3-4,6-11,18,21,23H,2,5,12-16H2,1H3,(H2,31,36). The Morgan fingerprint density at radius 3 is 2.51 bits per heavy atom. The zero-order valence-electron chi connectivity index (χ0n) is 20.9. The van der Waals surface area contributed by atoms with Gasteiger partial charge < -0.3 is 5.73 Å². The number of hydrogen-bond acceptors (Lipinski definition) is 5. The number of benzene rings is 2. The van der Waals surface area contributed by atoms with Crippen molar-refractivity contribution in [3.63, 3.8) is 0 Å². The van der Waals surface area contributed by atoms with Crippen molar-refractivity contribution < 1.29 is 4.79 Å². The van der Waals surface area contributed by atoms with Crippen LogP contribution in [0, 0.1) is 17.2 Å². The second kappa shape index (κ2) is 10.4. The maximum atomic E-state index is 14.0. The Hall–Kier alpha value is -4.25. The van der Waals surface area contributed by atoms with E-state index in [0.29, 0.717) is 49.9 Å². The van der Waals surface area contributed by atoms with Crippen LogP contribution in [0.2, 0.25) is 0 Å². The summed E-state index contributed by atoms with van der Waals surface area (Å²) in [6.45, 7) is 2.09. The highest BCUT2D eigenvalue weighted by Crippen LogP contribution is 2.32. The van der Waals surface area contributed by atoms with Crippen LogP contribution < -0.4 is 11.3 Å². The van der Waals surface area contributed by atoms with Crippen molar-refractivity contribution >= 4 is 11.7 Å². The molecule has 2 aromatic carbocycles. The fourth-order valence-corrected chi connectivity index (χ4v) is 5.54. The van der Waals surface area contributed by atoms with Gasteiger partial charge in [0, 0.05) is 23.9 Å². The van der Waals surface area contributed by atoms with E-state index in [0.717, 1.165) is 34.4 Å². The van der Waals surface area contributed by atoms with E-state index in [-0.39, 0.29) is 23.4 Å². The van der Waals surface area contributed by atoms with Crippen molar-refractivity contribution in [1.82, 2.24) is 19.2 Å². The summed E-state index contributed by atoms with van der Waals surface area (Å²) in [5.41, 5.74) is 10.6. The van der Waals surface area contributed by atoms with E-state index in [1.54, 1.807) is 4.57 Å². The number of carbonyl (C=O) groups is 1. The summed E-state index contributed by atoms with van der Waals surface area (Å²) >= 11 is 0. The van der Waals surface area contributed by atoms with E-state index in [2.05, 4.69) is 23.1 Å². The molecule has 0 spiro atoms. The van der Waals surface area contributed by atoms with E-state index in [9.17, 15) is 14.9 Å². The molecule has 1 amide bonds. The molecule has 2 heterocycles. The number of aromatic nitrogens is 4. The Kier molecular flexibility index (Phi) is 6.87. The topological polar surface area (TPSA) is 119 Å². The molecule has 0 aliphatic heterocycles. The second-order valence-corrected chi connectivity index (χ2v) is 9.76. The molecule has 1 saturated carbocycles. The predicted molar refractivity (Wildman–Crippen MR) is 141 cm³/mol. The monoisotopic (exact) mass is 494 g/mol. The lowest BCUT2D eigenvalue weighted by Gasteiger charge is -2.29. The van der Waals surface area contributed by atoms with Gasteiger partial charge in [-0.05, 0) is 54.9 Å². The molecule has 0 saturated heterocycles. The molecule has 37 heavy (non-hydrogen) atoms. The summed E-state index contributed by atoms with van der Waals surface area (Å²) in [5, 5.41) is 14.0. The average Bonchev–Trinajstić information content (AvgIpc) is 3.40. The van der Waals surface area contributed by atoms with Crippen LogP contribution in [0.15, 0.2) is 59.7 Å². The average molecular weight is 495 g/mol. The van der Waals surface area contributed by atoms with Crippen LogP contribution in [0.4, 0.5) is 0 Å². The van der Waals surface area contributed by atoms with Gasteiger partial charge in [0.2, 0.25) is 11.7 Å². The van der Waals surface area contributed by atoms with Crippen LogP contribution in [-0.2, 0) is 17.6 Å². The predicted octanol–water partition coefficient (Wildman–Crippen LogP) is 4.19. The molecule has 1 aliphatic carbocycles. The lowest BCUT2D eigenvalue weighted by molar-refractivity contribution is -0.122. The summed E-state index contributed by atoms with van der Waals surface area (Å²) in [6.07, 6.45) is 6.32. The van der Waals surface area contributed by atoms with Gasteiger partial charge in [0.15, 0.2) is 0 Å². The largest absolute Gasteiger partial charge is 0.369 e. The number of hydrogen-bond donors (Lipinski definition) is 1. The molecule has 8 nitrogen and oxygen atoms in total. The van der Waals surface area contributed by atoms with E-state index in [1.165, 1.54) is 6.33 Å². The number of nitrogens with two attached hydrogens (primary N) is 1. The van der Waals surface area contributed by atoms with Gasteiger partial charge in [-0.25, -0.2) is 4.52 Å². The minimum absolute atomic E-state index is 0.0367. The Morgan fingerprint density at radius 2 is 1.84 bits per heavy atom. The van der Waals surface area contributed by atoms with Gasteiger partial charge in [0.1, 0.15) is 6.33 Å². The fourth-order valence-electron chi connectivity index (χ4n) is 5.54. The van der Waals surface area contributed by atoms with Crippen molar-refractivity contribution in [2.75, 3.05) is 0 Å². The molecule has 1 fully saturated rings. The van der Waals surface area contributed by atoms with Crippen LogP contribution >= 0.6 is 0 Å². The first kappa shape index (κ1) is 24.4. The molecule has 188 valence electrons. The Labute approximate surface area is 215 Å². The van der Waals surface area contributed by atoms with Crippen molar-refractivity contribution in [2.45, 2.75) is 57.9 Å². The summed E-state index contributed by atoms with van der Waals surface area (Å²) < 4.78 is 3.61. The number of nitrogens with zero attached hydrogens (tertiary/aromatic N) is 5. The van der Waals surface area contributed by atoms with Crippen LogP contribution in [-0.4, -0.2) is 25.1 Å². The first-order valence-electron chi connectivity index (χ1n) is 12.9. The third-order valence-electron chi connectivity index (χ3n) is 7.47. The lowest BCUT2D eigenvalue weighted by Crippen LogP contribution is -2.35. The second-order valence-electron chi connectivity index (χ2n) is 9.76. The van der Waals surface area contributed by atoms with Gasteiger partial charge in [-0.2, -0.15) is 15.3 Å². The van der Waals surface area contributed by atoms with Gasteiger partial charge in [0.05, 0.1) is 17.3 Å². The quantitative estimate of drug-likeness (QED) is 0.413. The number of fused-ring (bicyclic) bond motifs is 1. The van der Waals surface area contributed by atoms with E-state index < -0.39 is 0 Å². The molecule has 5 rings (SSSR count). The molecule has 0 unspecified atom stereocenters. The highest BCUT2D eigenvalue weighted by molar-refractivity contribution is 5.76. The lowest BCUT2D eigenvalue weighted by atomic mass is 9.85. The van der Waals surface area contributed by atoms with Gasteiger partial charge in [-0.15, -0.1) is 0 Å². The zero-order valence-corrected chi connectivity index (χ0v) is 20.9. The molecule has 1 aliphatic rings. The highest BCUT2D eigenvalue weighted by atomic mass is 16.1. The van der Waals surface area contributed by atoms with Crippen molar-refractivity contribution in [3.05, 3.63) is 87.6 Å². The van der Waals surface area contributed by atoms with E-state index in [4.69, 9.17) is 5.73 Å². The first-order chi connectivity index (χ1) is 18.0. The molecule has 4 aromatic rings. The van der Waals surface area contributed by atoms with Crippen LogP contribution in [0.5, 0.6) is 0 Å². The highest BCUT2D eigenvalue weighted by Gasteiger charge is 2.29. The third kappa shape index (κ3) is 4.65. The fraction of sp³-hybridized carbons (Fsp3) is 0.345. The Morgan fingerprint density at radius 1 is 1.11 bits per heavy atom. The molecule has 2 aromatic heterocycles. The number of primary amides is 1. The normalized spacial score (nSPS) is 17.5. The minimum Gasteiger partial charge on any atom is -0.369 e. The molecule has 0 bridgehead atoms. The first-order valence-corrected chi connectivity index (χ1v) is 12.9. The maximum absolute atomic E-state index is 14.0. The van der Waals surface area contributed by atoms with Crippen molar-refractivity contribution in [3.8, 4) is 17.2 Å². The molecular weight excluding hydrogens is 464 g/mol. The molecule has 0 atom stereocenters. The third-order valence-corrected chi connectivity index (χ3v) is 7.47. The van der Waals surface area contributed by atoms with E-state index in [1.807, 2.05) is 53.0 Å². The summed E-state index contributed by atoms with van der Waals surface area (Å²) in [4.78, 5) is 30.2. The molecule has 0 radical (unpaired) electrons.